The molecule has 4 heterocycles. The first-order chi connectivity index (χ1) is 35.4. The van der Waals surface area contributed by atoms with Crippen LogP contribution in [-0.2, 0) is 17.6 Å². The smallest absolute Gasteiger partial charge is 0.346 e. The molecule has 0 saturated heterocycles. The van der Waals surface area contributed by atoms with E-state index in [0.717, 1.165) is 58.7 Å². The van der Waals surface area contributed by atoms with Crippen LogP contribution < -0.4 is 4.90 Å². The summed E-state index contributed by atoms with van der Waals surface area (Å²) >= 11 is 7.13. The summed E-state index contributed by atoms with van der Waals surface area (Å²) in [5, 5.41) is 36.0. The van der Waals surface area contributed by atoms with Crippen molar-refractivity contribution in [2.45, 2.75) is 78.1 Å². The van der Waals surface area contributed by atoms with Crippen LogP contribution >= 0.6 is 45.3 Å². The van der Waals surface area contributed by atoms with Crippen molar-refractivity contribution in [1.29, 1.82) is 5.26 Å². The maximum absolute atomic E-state index is 11.9. The number of carbonyl (C=O) groups is 1. The van der Waals surface area contributed by atoms with Gasteiger partial charge in [-0.05, 0) is 145 Å². The Morgan fingerprint density at radius 2 is 0.931 bits per heavy atom. The molecule has 4 nitrogen and oxygen atoms in total. The van der Waals surface area contributed by atoms with E-state index in [1.807, 2.05) is 28.7 Å². The van der Waals surface area contributed by atoms with Gasteiger partial charge in [-0.25, -0.2) is 4.79 Å². The number of aliphatic carboxylic acids is 1. The number of anilines is 3. The van der Waals surface area contributed by atoms with Crippen LogP contribution in [0.25, 0.3) is 100.0 Å². The molecule has 0 bridgehead atoms. The Morgan fingerprint density at radius 1 is 0.500 bits per heavy atom. The third kappa shape index (κ3) is 8.32. The second kappa shape index (κ2) is 19.6. The molecular formula is C64H52N2O2S4. The number of rotatable bonds is 18. The molecule has 0 aliphatic carbocycles. The quantitative estimate of drug-likeness (QED) is 0.0403. The van der Waals surface area contributed by atoms with Gasteiger partial charge in [0.1, 0.15) is 16.6 Å². The van der Waals surface area contributed by atoms with E-state index in [1.165, 1.54) is 132 Å². The van der Waals surface area contributed by atoms with Gasteiger partial charge >= 0.3 is 5.97 Å². The fraction of sp³-hybridized carbons (Fsp3) is 0.188. The van der Waals surface area contributed by atoms with E-state index in [0.29, 0.717) is 0 Å². The summed E-state index contributed by atoms with van der Waals surface area (Å²) in [6.45, 7) is 4.50. The van der Waals surface area contributed by atoms with Gasteiger partial charge in [0.05, 0.1) is 11.4 Å². The SMILES string of the molecule is CCCCCCc1cc(-c2ccc(-c3ccc(-c4cc(CCCCCC)c(N(c5ccc6ccc7cccc8ccc5c6c78)c5ccc6ccc7cccc8ccc5c6c78)s4)s3)s2)sc1/C=C(\C#N)C(=O)O. The van der Waals surface area contributed by atoms with Crippen LogP contribution in [0.5, 0.6) is 0 Å². The zero-order valence-electron chi connectivity index (χ0n) is 40.4. The minimum Gasteiger partial charge on any atom is -0.477 e. The number of hydrogen-bond donors (Lipinski definition) is 1. The van der Waals surface area contributed by atoms with E-state index in [-0.39, 0.29) is 5.57 Å². The first-order valence-electron chi connectivity index (χ1n) is 25.3. The normalized spacial score (nSPS) is 12.2. The number of nitriles is 1. The zero-order chi connectivity index (χ0) is 48.9. The predicted molar refractivity (Wildman–Crippen MR) is 313 cm³/mol. The number of benzene rings is 8. The van der Waals surface area contributed by atoms with Gasteiger partial charge in [0.15, 0.2) is 0 Å². The molecule has 0 spiro atoms. The van der Waals surface area contributed by atoms with Crippen LogP contribution in [0, 0.1) is 11.3 Å². The molecule has 0 amide bonds. The third-order valence-electron chi connectivity index (χ3n) is 14.5. The largest absolute Gasteiger partial charge is 0.477 e. The summed E-state index contributed by atoms with van der Waals surface area (Å²) in [6, 6.07) is 56.9. The molecule has 8 aromatic carbocycles. The van der Waals surface area contributed by atoms with Gasteiger partial charge in [0, 0.05) is 44.9 Å². The lowest BCUT2D eigenvalue weighted by Crippen LogP contribution is -2.12. The lowest BCUT2D eigenvalue weighted by Gasteiger charge is -2.29. The summed E-state index contributed by atoms with van der Waals surface area (Å²) < 4.78 is 0. The van der Waals surface area contributed by atoms with Crippen molar-refractivity contribution in [2.24, 2.45) is 0 Å². The van der Waals surface area contributed by atoms with Gasteiger partial charge in [-0.3, -0.25) is 0 Å². The standard InChI is InChI=1S/C64H52N2O2S4/c1-3-5-7-9-13-45-35-57(71-56(45)37-47(38-65)64(67)68)54-33-31-52(69-54)53-32-34-55(70-53)58-36-46(14-10-8-6-4-2)63(72-58)66(50-29-25-43-21-19-39-15-11-17-41-23-27-48(50)61(43)59(39)41)51-30-26-44-22-20-40-16-12-18-42-24-28-49(51)62(44)60(40)42/h11-12,15-37H,3-10,13-14H2,1-2H3,(H,67,68)/b47-37+. The van der Waals surface area contributed by atoms with Crippen LogP contribution in [0.1, 0.15) is 81.2 Å². The van der Waals surface area contributed by atoms with Crippen molar-refractivity contribution in [2.75, 3.05) is 4.90 Å². The van der Waals surface area contributed by atoms with Gasteiger partial charge in [0.25, 0.3) is 0 Å². The molecule has 0 atom stereocenters. The number of carboxylic acids is 1. The van der Waals surface area contributed by atoms with Gasteiger partial charge in [-0.1, -0.05) is 149 Å². The topological polar surface area (TPSA) is 64.3 Å². The van der Waals surface area contributed by atoms with Crippen molar-refractivity contribution in [3.05, 3.63) is 167 Å². The number of thiophene rings is 4. The molecule has 72 heavy (non-hydrogen) atoms. The van der Waals surface area contributed by atoms with Crippen molar-refractivity contribution in [3.8, 4) is 35.3 Å². The van der Waals surface area contributed by atoms with Crippen LogP contribution in [-0.4, -0.2) is 11.1 Å². The summed E-state index contributed by atoms with van der Waals surface area (Å²) in [5.41, 5.74) is 4.66. The van der Waals surface area contributed by atoms with E-state index in [1.54, 1.807) is 28.7 Å². The van der Waals surface area contributed by atoms with E-state index < -0.39 is 5.97 Å². The van der Waals surface area contributed by atoms with Crippen LogP contribution in [0.4, 0.5) is 16.4 Å². The van der Waals surface area contributed by atoms with Gasteiger partial charge in [-0.15, -0.1) is 45.3 Å². The number of unbranched alkanes of at least 4 members (excludes halogenated alkanes) is 6. The molecule has 0 unspecified atom stereocenters. The average Bonchev–Trinajstić information content (AvgIpc) is 4.25. The second-order valence-electron chi connectivity index (χ2n) is 19.1. The highest BCUT2D eigenvalue weighted by molar-refractivity contribution is 7.29. The molecule has 354 valence electrons. The predicted octanol–water partition coefficient (Wildman–Crippen LogP) is 20.4. The summed E-state index contributed by atoms with van der Waals surface area (Å²) in [5.74, 6) is -1.19. The molecule has 12 rings (SSSR count). The second-order valence-corrected chi connectivity index (χ2v) is 23.4. The van der Waals surface area contributed by atoms with E-state index in [2.05, 4.69) is 164 Å². The van der Waals surface area contributed by atoms with E-state index in [4.69, 9.17) is 0 Å². The average molecular weight is 1010 g/mol. The van der Waals surface area contributed by atoms with Crippen LogP contribution in [0.3, 0.4) is 0 Å². The maximum atomic E-state index is 11.9. The Balaban J connectivity index is 0.987. The minimum absolute atomic E-state index is 0.230. The van der Waals surface area contributed by atoms with E-state index >= 15 is 0 Å². The monoisotopic (exact) mass is 1010 g/mol. The molecule has 8 heteroatoms. The Hall–Kier alpha value is -6.86. The number of hydrogen-bond acceptors (Lipinski definition) is 7. The molecule has 0 aliphatic heterocycles. The number of carboxylic acid groups (broad SMARTS) is 1. The molecule has 4 aromatic heterocycles. The van der Waals surface area contributed by atoms with Crippen molar-refractivity contribution in [3.63, 3.8) is 0 Å². The van der Waals surface area contributed by atoms with Gasteiger partial charge in [0.2, 0.25) is 0 Å². The highest BCUT2D eigenvalue weighted by atomic mass is 32.1. The molecule has 0 aliphatic rings. The fourth-order valence-corrected chi connectivity index (χ4v) is 15.6. The fourth-order valence-electron chi connectivity index (χ4n) is 10.9. The molecule has 0 radical (unpaired) electrons. The Kier molecular flexibility index (Phi) is 12.6. The highest BCUT2D eigenvalue weighted by Gasteiger charge is 2.26. The number of nitrogens with zero attached hydrogens (tertiary/aromatic N) is 2. The van der Waals surface area contributed by atoms with Gasteiger partial charge < -0.3 is 10.0 Å². The maximum Gasteiger partial charge on any atom is 0.346 e. The van der Waals surface area contributed by atoms with Gasteiger partial charge in [-0.2, -0.15) is 5.26 Å². The molecule has 12 aromatic rings. The lowest BCUT2D eigenvalue weighted by molar-refractivity contribution is -0.132. The molecule has 0 fully saturated rings. The third-order valence-corrected chi connectivity index (χ3v) is 19.5. The van der Waals surface area contributed by atoms with Crippen molar-refractivity contribution in [1.82, 2.24) is 0 Å². The number of aryl methyl sites for hydroxylation is 2. The van der Waals surface area contributed by atoms with Crippen LogP contribution in [0.2, 0.25) is 0 Å². The van der Waals surface area contributed by atoms with Crippen molar-refractivity contribution < 1.29 is 9.90 Å². The molecule has 0 saturated carbocycles. The first-order valence-corrected chi connectivity index (χ1v) is 28.6. The zero-order valence-corrected chi connectivity index (χ0v) is 43.7. The summed E-state index contributed by atoms with van der Waals surface area (Å²) in [7, 11) is 0. The Labute approximate surface area is 436 Å². The highest BCUT2D eigenvalue weighted by Crippen LogP contribution is 2.53. The minimum atomic E-state index is -1.19. The van der Waals surface area contributed by atoms with E-state index in [9.17, 15) is 15.2 Å². The van der Waals surface area contributed by atoms with Crippen molar-refractivity contribution >= 4 is 138 Å². The molecule has 1 N–H and O–H groups in total. The lowest BCUT2D eigenvalue weighted by atomic mass is 9.92. The summed E-state index contributed by atoms with van der Waals surface area (Å²) in [6.07, 6.45) is 12.7. The Bertz CT molecular complexity index is 3860. The summed E-state index contributed by atoms with van der Waals surface area (Å²) in [4.78, 5) is 22.6. The Morgan fingerprint density at radius 3 is 1.42 bits per heavy atom. The molecular weight excluding hydrogens is 957 g/mol. The van der Waals surface area contributed by atoms with Crippen LogP contribution in [0.15, 0.2) is 151 Å². The first kappa shape index (κ1) is 46.2.